The molecule has 1 aliphatic heterocycles. The number of methoxy groups -OCH3 is 1. The van der Waals surface area contributed by atoms with Crippen LogP contribution in [0.2, 0.25) is 0 Å². The van der Waals surface area contributed by atoms with Gasteiger partial charge in [-0.3, -0.25) is 0 Å². The van der Waals surface area contributed by atoms with Gasteiger partial charge in [-0.2, -0.15) is 4.98 Å². The van der Waals surface area contributed by atoms with Gasteiger partial charge in [-0.25, -0.2) is 4.98 Å². The Hall–Kier alpha value is -3.32. The highest BCUT2D eigenvalue weighted by molar-refractivity contribution is 5.67. The molecule has 138 valence electrons. The SMILES string of the molecule is COCCNc1cc(-c2ccccc2)nc(Nc2ccc3c(c2)OCO3)n1. The van der Waals surface area contributed by atoms with Crippen molar-refractivity contribution in [2.24, 2.45) is 0 Å². The molecule has 2 aromatic carbocycles. The zero-order valence-electron chi connectivity index (χ0n) is 14.9. The fraction of sp³-hybridized carbons (Fsp3) is 0.200. The lowest BCUT2D eigenvalue weighted by Crippen LogP contribution is -2.10. The summed E-state index contributed by atoms with van der Waals surface area (Å²) in [6, 6.07) is 17.6. The minimum absolute atomic E-state index is 0.242. The fourth-order valence-electron chi connectivity index (χ4n) is 2.74. The highest BCUT2D eigenvalue weighted by Gasteiger charge is 2.14. The van der Waals surface area contributed by atoms with Crippen LogP contribution in [0.4, 0.5) is 17.5 Å². The van der Waals surface area contributed by atoms with Crippen molar-refractivity contribution in [1.82, 2.24) is 9.97 Å². The molecule has 0 aliphatic carbocycles. The predicted molar refractivity (Wildman–Crippen MR) is 104 cm³/mol. The highest BCUT2D eigenvalue weighted by Crippen LogP contribution is 2.35. The van der Waals surface area contributed by atoms with Crippen molar-refractivity contribution in [2.45, 2.75) is 0 Å². The number of anilines is 3. The molecule has 0 radical (unpaired) electrons. The van der Waals surface area contributed by atoms with E-state index in [4.69, 9.17) is 14.2 Å². The van der Waals surface area contributed by atoms with Crippen molar-refractivity contribution in [3.63, 3.8) is 0 Å². The molecule has 1 aliphatic rings. The van der Waals surface area contributed by atoms with E-state index >= 15 is 0 Å². The van der Waals surface area contributed by atoms with Gasteiger partial charge in [-0.1, -0.05) is 30.3 Å². The molecule has 0 fully saturated rings. The molecule has 2 N–H and O–H groups in total. The summed E-state index contributed by atoms with van der Waals surface area (Å²) in [5, 5.41) is 6.51. The van der Waals surface area contributed by atoms with E-state index in [9.17, 15) is 0 Å². The summed E-state index contributed by atoms with van der Waals surface area (Å²) in [5.74, 6) is 2.67. The summed E-state index contributed by atoms with van der Waals surface area (Å²) >= 11 is 0. The second kappa shape index (κ2) is 7.92. The first-order valence-electron chi connectivity index (χ1n) is 8.66. The zero-order valence-corrected chi connectivity index (χ0v) is 14.9. The van der Waals surface area contributed by atoms with Crippen LogP contribution in [0.1, 0.15) is 0 Å². The normalized spacial score (nSPS) is 12.0. The van der Waals surface area contributed by atoms with Gasteiger partial charge < -0.3 is 24.8 Å². The van der Waals surface area contributed by atoms with E-state index in [0.717, 1.165) is 28.5 Å². The van der Waals surface area contributed by atoms with Crippen LogP contribution in [-0.4, -0.2) is 37.0 Å². The summed E-state index contributed by atoms with van der Waals surface area (Å²) in [6.07, 6.45) is 0. The smallest absolute Gasteiger partial charge is 0.231 e. The van der Waals surface area contributed by atoms with Gasteiger partial charge in [0, 0.05) is 37.0 Å². The van der Waals surface area contributed by atoms with Crippen LogP contribution in [-0.2, 0) is 4.74 Å². The molecule has 0 unspecified atom stereocenters. The molecule has 0 atom stereocenters. The number of rotatable bonds is 7. The standard InChI is InChI=1S/C20H20N4O3/c1-25-10-9-21-19-12-16(14-5-3-2-4-6-14)23-20(24-19)22-15-7-8-17-18(11-15)27-13-26-17/h2-8,11-12H,9-10,13H2,1H3,(H2,21,22,23,24). The summed E-state index contributed by atoms with van der Waals surface area (Å²) in [7, 11) is 1.67. The number of nitrogens with one attached hydrogen (secondary N) is 2. The van der Waals surface area contributed by atoms with E-state index < -0.39 is 0 Å². The topological polar surface area (TPSA) is 77.5 Å². The highest BCUT2D eigenvalue weighted by atomic mass is 16.7. The third-order valence-electron chi connectivity index (χ3n) is 4.04. The first kappa shape index (κ1) is 17.1. The van der Waals surface area contributed by atoms with Crippen LogP contribution in [0.15, 0.2) is 54.6 Å². The Balaban J connectivity index is 1.63. The molecule has 7 nitrogen and oxygen atoms in total. The van der Waals surface area contributed by atoms with Crippen LogP contribution in [0.3, 0.4) is 0 Å². The van der Waals surface area contributed by atoms with Gasteiger partial charge in [0.15, 0.2) is 11.5 Å². The maximum absolute atomic E-state index is 5.43. The van der Waals surface area contributed by atoms with Gasteiger partial charge in [-0.15, -0.1) is 0 Å². The lowest BCUT2D eigenvalue weighted by molar-refractivity contribution is 0.174. The molecule has 0 saturated carbocycles. The summed E-state index contributed by atoms with van der Waals surface area (Å²) in [6.45, 7) is 1.49. The van der Waals surface area contributed by atoms with Crippen LogP contribution in [0, 0.1) is 0 Å². The molecule has 2 heterocycles. The number of nitrogens with zero attached hydrogens (tertiary/aromatic N) is 2. The first-order chi connectivity index (χ1) is 13.3. The minimum atomic E-state index is 0.242. The predicted octanol–water partition coefficient (Wildman–Crippen LogP) is 3.67. The van der Waals surface area contributed by atoms with Crippen molar-refractivity contribution >= 4 is 17.5 Å². The van der Waals surface area contributed by atoms with Gasteiger partial charge in [0.05, 0.1) is 12.3 Å². The number of fused-ring (bicyclic) bond motifs is 1. The van der Waals surface area contributed by atoms with E-state index in [-0.39, 0.29) is 6.79 Å². The van der Waals surface area contributed by atoms with Crippen LogP contribution < -0.4 is 20.1 Å². The fourth-order valence-corrected chi connectivity index (χ4v) is 2.74. The Morgan fingerprint density at radius 2 is 1.85 bits per heavy atom. The summed E-state index contributed by atoms with van der Waals surface area (Å²) in [4.78, 5) is 9.21. The van der Waals surface area contributed by atoms with Gasteiger partial charge in [0.1, 0.15) is 5.82 Å². The molecule has 0 saturated heterocycles. The van der Waals surface area contributed by atoms with Crippen molar-refractivity contribution in [2.75, 3.05) is 37.7 Å². The van der Waals surface area contributed by atoms with Crippen molar-refractivity contribution in [3.05, 3.63) is 54.6 Å². The maximum Gasteiger partial charge on any atom is 0.231 e. The van der Waals surface area contributed by atoms with Crippen LogP contribution in [0.25, 0.3) is 11.3 Å². The Bertz CT molecular complexity index is 918. The molecule has 4 rings (SSSR count). The second-order valence-electron chi connectivity index (χ2n) is 5.94. The number of benzene rings is 2. The van der Waals surface area contributed by atoms with Crippen molar-refractivity contribution in [1.29, 1.82) is 0 Å². The van der Waals surface area contributed by atoms with Gasteiger partial charge >= 0.3 is 0 Å². The maximum atomic E-state index is 5.43. The molecular formula is C20H20N4O3. The molecular weight excluding hydrogens is 344 g/mol. The summed E-state index contributed by atoms with van der Waals surface area (Å²) < 4.78 is 15.9. The van der Waals surface area contributed by atoms with E-state index in [2.05, 4.69) is 20.6 Å². The van der Waals surface area contributed by atoms with Gasteiger partial charge in [0.2, 0.25) is 12.7 Å². The molecule has 3 aromatic rings. The second-order valence-corrected chi connectivity index (χ2v) is 5.94. The van der Waals surface area contributed by atoms with Gasteiger partial charge in [0.25, 0.3) is 0 Å². The largest absolute Gasteiger partial charge is 0.454 e. The Kier molecular flexibility index (Phi) is 5.02. The van der Waals surface area contributed by atoms with Crippen LogP contribution in [0.5, 0.6) is 11.5 Å². The Morgan fingerprint density at radius 3 is 2.70 bits per heavy atom. The molecule has 0 bridgehead atoms. The van der Waals surface area contributed by atoms with Gasteiger partial charge in [-0.05, 0) is 12.1 Å². The van der Waals surface area contributed by atoms with Crippen LogP contribution >= 0.6 is 0 Å². The van der Waals surface area contributed by atoms with Crippen molar-refractivity contribution in [3.8, 4) is 22.8 Å². The molecule has 0 spiro atoms. The van der Waals surface area contributed by atoms with E-state index in [0.29, 0.717) is 24.8 Å². The number of ether oxygens (including phenoxy) is 3. The average Bonchev–Trinajstić information content (AvgIpc) is 3.17. The van der Waals surface area contributed by atoms with E-state index in [1.54, 1.807) is 7.11 Å². The monoisotopic (exact) mass is 364 g/mol. The summed E-state index contributed by atoms with van der Waals surface area (Å²) in [5.41, 5.74) is 2.67. The molecule has 0 amide bonds. The average molecular weight is 364 g/mol. The lowest BCUT2D eigenvalue weighted by atomic mass is 10.1. The zero-order chi connectivity index (χ0) is 18.5. The molecule has 7 heteroatoms. The Labute approximate surface area is 157 Å². The lowest BCUT2D eigenvalue weighted by Gasteiger charge is -2.11. The number of hydrogen-bond acceptors (Lipinski definition) is 7. The minimum Gasteiger partial charge on any atom is -0.454 e. The number of aromatic nitrogens is 2. The molecule has 1 aromatic heterocycles. The molecule has 27 heavy (non-hydrogen) atoms. The Morgan fingerprint density at radius 1 is 1.00 bits per heavy atom. The van der Waals surface area contributed by atoms with E-state index in [1.807, 2.05) is 54.6 Å². The third-order valence-corrected chi connectivity index (χ3v) is 4.04. The quantitative estimate of drug-likeness (QED) is 0.619. The first-order valence-corrected chi connectivity index (χ1v) is 8.66. The number of hydrogen-bond donors (Lipinski definition) is 2. The van der Waals surface area contributed by atoms with E-state index in [1.165, 1.54) is 0 Å². The third kappa shape index (κ3) is 4.09. The van der Waals surface area contributed by atoms with Crippen molar-refractivity contribution < 1.29 is 14.2 Å².